The van der Waals surface area contributed by atoms with E-state index in [0.717, 1.165) is 66.5 Å². The lowest BCUT2D eigenvalue weighted by Gasteiger charge is -2.31. The van der Waals surface area contributed by atoms with Gasteiger partial charge in [0.15, 0.2) is 0 Å². The van der Waals surface area contributed by atoms with E-state index in [9.17, 15) is 10.2 Å². The van der Waals surface area contributed by atoms with Crippen molar-refractivity contribution in [3.8, 4) is 0 Å². The summed E-state index contributed by atoms with van der Waals surface area (Å²) in [5.41, 5.74) is 8.67. The summed E-state index contributed by atoms with van der Waals surface area (Å²) in [7, 11) is -9.10. The van der Waals surface area contributed by atoms with Crippen LogP contribution in [0.1, 0.15) is 61.8 Å². The maximum Gasteiger partial charge on any atom is 0.119 e. The summed E-state index contributed by atoms with van der Waals surface area (Å²) in [6.07, 6.45) is 0. The Morgan fingerprint density at radius 3 is 1.22 bits per heavy atom. The molecule has 4 aromatic carbocycles. The molecule has 0 fully saturated rings. The summed E-state index contributed by atoms with van der Waals surface area (Å²) in [5, 5.41) is 24.9. The number of nitrogens with one attached hydrogen (secondary N) is 1. The Morgan fingerprint density at radius 2 is 0.927 bits per heavy atom. The molecule has 1 heterocycles. The van der Waals surface area contributed by atoms with E-state index < -0.39 is 30.7 Å². The highest BCUT2D eigenvalue weighted by molar-refractivity contribution is 7.72. The average Bonchev–Trinajstić information content (AvgIpc) is 3.45. The van der Waals surface area contributed by atoms with Gasteiger partial charge >= 0.3 is 0 Å². The van der Waals surface area contributed by atoms with Crippen LogP contribution in [0, 0.1) is 13.8 Å². The number of aromatic amines is 1. The Balaban J connectivity index is 1.92. The standard InChI is InChI=1S/C44H65N3O4P2Si2/c1-31(2)35-13-17-37(18-14-35)46-52(50-23-21-48,29-54(7,8)9)41-27-33(5)25-39-40-26-34(6)28-42(44(40)45-43(39)41)53(51-24-22-49,30-55(10,11)12)47-38-19-15-36(16-20-38)32(3)4/h13-20,25-28,31-32,45,48-49H,21-24,29-30H2,1-12H3/t52-,53-/m1/s1. The van der Waals surface area contributed by atoms with E-state index in [2.05, 4.69) is 159 Å². The first-order valence-electron chi connectivity index (χ1n) is 19.8. The normalized spacial score (nSPS) is 14.8. The van der Waals surface area contributed by atoms with Crippen LogP contribution >= 0.6 is 14.6 Å². The van der Waals surface area contributed by atoms with Crippen LogP contribution in [-0.4, -0.2) is 69.3 Å². The van der Waals surface area contributed by atoms with Gasteiger partial charge in [-0.1, -0.05) is 91.2 Å². The topological polar surface area (TPSA) is 99.4 Å². The molecule has 298 valence electrons. The van der Waals surface area contributed by atoms with Crippen molar-refractivity contribution < 1.29 is 19.3 Å². The van der Waals surface area contributed by atoms with Crippen LogP contribution < -0.4 is 10.6 Å². The summed E-state index contributed by atoms with van der Waals surface area (Å²) >= 11 is 0. The third kappa shape index (κ3) is 10.5. The number of aromatic nitrogens is 1. The number of fused-ring (bicyclic) bond motifs is 3. The number of nitrogens with zero attached hydrogens (tertiary/aromatic N) is 2. The van der Waals surface area contributed by atoms with Crippen molar-refractivity contribution >= 4 is 74.5 Å². The molecule has 5 rings (SSSR count). The number of rotatable bonds is 16. The highest BCUT2D eigenvalue weighted by atomic mass is 31.2. The molecule has 0 saturated carbocycles. The summed E-state index contributed by atoms with van der Waals surface area (Å²) in [4.78, 5) is 4.01. The summed E-state index contributed by atoms with van der Waals surface area (Å²) in [6.45, 7) is 27.7. The van der Waals surface area contributed by atoms with E-state index in [1.165, 1.54) is 11.1 Å². The fourth-order valence-electron chi connectivity index (χ4n) is 7.43. The first kappa shape index (κ1) is 43.5. The van der Waals surface area contributed by atoms with Gasteiger partial charge < -0.3 is 24.2 Å². The van der Waals surface area contributed by atoms with Gasteiger partial charge in [0, 0.05) is 33.0 Å². The van der Waals surface area contributed by atoms with Gasteiger partial charge in [-0.3, -0.25) is 0 Å². The summed E-state index contributed by atoms with van der Waals surface area (Å²) in [5.74, 6) is 2.51. The van der Waals surface area contributed by atoms with E-state index in [-0.39, 0.29) is 26.4 Å². The van der Waals surface area contributed by atoms with Crippen molar-refractivity contribution in [3.05, 3.63) is 95.1 Å². The molecule has 0 saturated heterocycles. The molecule has 2 atom stereocenters. The molecule has 0 bridgehead atoms. The van der Waals surface area contributed by atoms with Gasteiger partial charge in [0.25, 0.3) is 0 Å². The number of hydrogen-bond donors (Lipinski definition) is 3. The lowest BCUT2D eigenvalue weighted by molar-refractivity contribution is 0.213. The molecule has 0 aliphatic carbocycles. The zero-order valence-electron chi connectivity index (χ0n) is 35.3. The summed E-state index contributed by atoms with van der Waals surface area (Å²) < 4.78 is 25.2. The van der Waals surface area contributed by atoms with Crippen LogP contribution in [0.2, 0.25) is 39.3 Å². The molecule has 0 unspecified atom stereocenters. The van der Waals surface area contributed by atoms with E-state index >= 15 is 0 Å². The first-order chi connectivity index (χ1) is 25.8. The Hall–Kier alpha value is -2.59. The van der Waals surface area contributed by atoms with Gasteiger partial charge in [0.1, 0.15) is 14.6 Å². The molecule has 0 amide bonds. The van der Waals surface area contributed by atoms with Crippen molar-refractivity contribution in [2.75, 3.05) is 38.0 Å². The Bertz CT molecular complexity index is 2060. The van der Waals surface area contributed by atoms with Crippen LogP contribution in [0.5, 0.6) is 0 Å². The predicted molar refractivity (Wildman–Crippen MR) is 246 cm³/mol. The van der Waals surface area contributed by atoms with Crippen molar-refractivity contribution in [1.29, 1.82) is 0 Å². The van der Waals surface area contributed by atoms with Crippen LogP contribution in [0.25, 0.3) is 21.8 Å². The molecule has 55 heavy (non-hydrogen) atoms. The predicted octanol–water partition coefficient (Wildman–Crippen LogP) is 12.1. The van der Waals surface area contributed by atoms with Crippen LogP contribution in [0.4, 0.5) is 11.4 Å². The molecule has 7 nitrogen and oxygen atoms in total. The second-order valence-electron chi connectivity index (χ2n) is 18.2. The molecule has 0 radical (unpaired) electrons. The minimum absolute atomic E-state index is 0.0776. The third-order valence-electron chi connectivity index (χ3n) is 9.66. The monoisotopic (exact) mass is 817 g/mol. The molecule has 0 aliphatic rings. The van der Waals surface area contributed by atoms with E-state index in [4.69, 9.17) is 18.5 Å². The number of aliphatic hydroxyl groups excluding tert-OH is 2. The summed E-state index contributed by atoms with van der Waals surface area (Å²) in [6, 6.07) is 26.3. The maximum atomic E-state index is 10.2. The van der Waals surface area contributed by atoms with Crippen LogP contribution in [-0.2, 0) is 9.05 Å². The highest BCUT2D eigenvalue weighted by Gasteiger charge is 2.36. The molecule has 3 N–H and O–H groups in total. The van der Waals surface area contributed by atoms with Crippen LogP contribution in [0.15, 0.2) is 82.3 Å². The lowest BCUT2D eigenvalue weighted by Crippen LogP contribution is -2.31. The van der Waals surface area contributed by atoms with Crippen molar-refractivity contribution in [2.24, 2.45) is 9.49 Å². The number of benzene rings is 4. The largest absolute Gasteiger partial charge is 0.394 e. The second kappa shape index (κ2) is 17.5. The lowest BCUT2D eigenvalue weighted by atomic mass is 10.0. The molecular weight excluding hydrogens is 753 g/mol. The molecule has 1 aromatic heterocycles. The third-order valence-corrected chi connectivity index (χ3v) is 25.2. The highest BCUT2D eigenvalue weighted by Crippen LogP contribution is 2.58. The van der Waals surface area contributed by atoms with Crippen molar-refractivity contribution in [3.63, 3.8) is 0 Å². The Kier molecular flexibility index (Phi) is 13.9. The fourth-order valence-corrected chi connectivity index (χ4v) is 24.6. The van der Waals surface area contributed by atoms with Crippen molar-refractivity contribution in [2.45, 2.75) is 92.7 Å². The number of hydrogen-bond acceptors (Lipinski definition) is 6. The quantitative estimate of drug-likeness (QED) is 0.0682. The number of aliphatic hydroxyl groups is 2. The SMILES string of the molecule is Cc1cc([P@](C[Si](C)(C)C)(=Nc2ccc(C(C)C)cc2)OCCO)c2[nH]c3c([P@](C[Si](C)(C)C)(=Nc4ccc(C(C)C)cc4)OCCO)cc(C)cc3c2c1. The Labute approximate surface area is 332 Å². The van der Waals surface area contributed by atoms with Crippen LogP contribution in [0.3, 0.4) is 0 Å². The van der Waals surface area contributed by atoms with Crippen molar-refractivity contribution in [1.82, 2.24) is 4.98 Å². The Morgan fingerprint density at radius 1 is 0.582 bits per heavy atom. The maximum absolute atomic E-state index is 10.2. The second-order valence-corrected chi connectivity index (χ2v) is 35.6. The first-order valence-corrected chi connectivity index (χ1v) is 30.9. The van der Waals surface area contributed by atoms with Gasteiger partial charge in [-0.15, -0.1) is 0 Å². The van der Waals surface area contributed by atoms with E-state index in [1.54, 1.807) is 0 Å². The van der Waals surface area contributed by atoms with E-state index in [0.29, 0.717) is 11.8 Å². The number of aryl methyl sites for hydroxylation is 2. The minimum Gasteiger partial charge on any atom is -0.394 e. The molecule has 5 aromatic rings. The molecule has 0 aliphatic heterocycles. The minimum atomic E-state index is -2.74. The zero-order chi connectivity index (χ0) is 40.3. The van der Waals surface area contributed by atoms with Gasteiger partial charge in [-0.05, 0) is 96.5 Å². The fraction of sp³-hybridized carbons (Fsp3) is 0.455. The molecular formula is C44H65N3O4P2Si2. The van der Waals surface area contributed by atoms with Gasteiger partial charge in [0.05, 0.1) is 65.0 Å². The zero-order valence-corrected chi connectivity index (χ0v) is 39.1. The average molecular weight is 818 g/mol. The van der Waals surface area contributed by atoms with Gasteiger partial charge in [-0.2, -0.15) is 0 Å². The smallest absolute Gasteiger partial charge is 0.119 e. The van der Waals surface area contributed by atoms with Gasteiger partial charge in [-0.25, -0.2) is 9.49 Å². The number of H-pyrrole nitrogens is 1. The molecule has 11 heteroatoms. The van der Waals surface area contributed by atoms with E-state index in [1.807, 2.05) is 0 Å². The van der Waals surface area contributed by atoms with Gasteiger partial charge in [0.2, 0.25) is 0 Å². The molecule has 0 spiro atoms.